The number of hydrogen-bond donors (Lipinski definition) is 5. The minimum atomic E-state index is -3.42. The molecule has 0 saturated carbocycles. The van der Waals surface area contributed by atoms with Crippen molar-refractivity contribution in [2.24, 2.45) is 4.99 Å². The van der Waals surface area contributed by atoms with Crippen LogP contribution in [0.5, 0.6) is 0 Å². The molecule has 18 rings (SSSR count). The summed E-state index contributed by atoms with van der Waals surface area (Å²) in [4.78, 5) is 51.2. The molecule has 30 nitrogen and oxygen atoms in total. The Morgan fingerprint density at radius 3 is 1.15 bits per heavy atom. The first kappa shape index (κ1) is 95.2. The van der Waals surface area contributed by atoms with Gasteiger partial charge in [-0.05, 0) is 209 Å². The van der Waals surface area contributed by atoms with Crippen LogP contribution in [-0.2, 0) is 72.8 Å². The van der Waals surface area contributed by atoms with E-state index in [1.54, 1.807) is 97.1 Å². The number of benzene rings is 4. The van der Waals surface area contributed by atoms with Gasteiger partial charge in [0, 0.05) is 110 Å². The number of imidazole rings is 3. The van der Waals surface area contributed by atoms with Crippen LogP contribution < -0.4 is 27.4 Å². The molecule has 4 aliphatic rings. The van der Waals surface area contributed by atoms with Crippen LogP contribution in [0.15, 0.2) is 200 Å². The van der Waals surface area contributed by atoms with Crippen LogP contribution in [0.4, 0.5) is 51.3 Å². The topological polar surface area (TPSA) is 408 Å². The van der Waals surface area contributed by atoms with Crippen LogP contribution in [0, 0.1) is 41.5 Å². The number of rotatable bonds is 17. The number of ether oxygens (including phenoxy) is 3. The van der Waals surface area contributed by atoms with Crippen molar-refractivity contribution in [1.82, 2.24) is 63.5 Å². The Labute approximate surface area is 765 Å². The highest BCUT2D eigenvalue weighted by molar-refractivity contribution is 7.91. The number of nitrogen functional groups attached to an aromatic ring is 2. The van der Waals surface area contributed by atoms with Crippen LogP contribution in [0.25, 0.3) is 33.5 Å². The van der Waals surface area contributed by atoms with Crippen LogP contribution in [-0.4, -0.2) is 148 Å². The molecule has 0 spiro atoms. The van der Waals surface area contributed by atoms with Crippen molar-refractivity contribution in [1.29, 1.82) is 0 Å². The standard InChI is InChI=1S/C26H29N5O3S.C22H22N4O2S.C19H21ClN4O3S.C12H13Cl2N3O.C7H9NO2S.C6H8N2/c1-17-9-8-10-19(27-17)15-20-16-22(30-21-11-4-5-12-23(21)35(3,32)33)25-26(29-20)31(18(2)28-25)24-13-6-7-14-34-24;1-14-7-6-8-16(23-14)12-17-13-20(22-19(25-17)11-15(2)24-22)26-18-9-4-5-10-21(18)29(3,27)28;1-12-21-18-14(22-13-7-3-4-8-15(13)28(2,25)26)11-16(20)23-19(18)24(12)17-9-5-6-10-27-17;1-7-15-11-8(13)6-9(14)16-12(11)17(7)10-4-2-3-5-18-10;1-11(9,10)7-5-3-2-4-6(7)8;1-5-3-2-4-6(7)8-5/h4-5,8-12,16,24H,6-7,13-15H2,1-3H3,(H,29,30);4-10,13H,11-12H2,1-3H3,(H,25,26);3-4,7-8,11,17H,5-6,9-10H2,1-2H3,(H,22,23);6,10H,2-5H2,1H3;2-5H,8H2,1H3;2-4H,1H3,(H2,7,8). The van der Waals surface area contributed by atoms with E-state index in [1.165, 1.54) is 24.8 Å². The summed E-state index contributed by atoms with van der Waals surface area (Å²) in [5, 5.41) is 11.0. The zero-order valence-electron chi connectivity index (χ0n) is 73.3. The van der Waals surface area contributed by atoms with Gasteiger partial charge in [0.2, 0.25) is 0 Å². The summed E-state index contributed by atoms with van der Waals surface area (Å²) >= 11 is 18.4. The van der Waals surface area contributed by atoms with Crippen LogP contribution in [0.2, 0.25) is 15.3 Å². The van der Waals surface area contributed by atoms with Gasteiger partial charge in [-0.1, -0.05) is 102 Å². The Kier molecular flexibility index (Phi) is 30.6. The van der Waals surface area contributed by atoms with Crippen molar-refractivity contribution in [2.45, 2.75) is 164 Å². The molecule has 0 aliphatic carbocycles. The minimum absolute atomic E-state index is 0.00853. The lowest BCUT2D eigenvalue weighted by atomic mass is 10.1. The van der Waals surface area contributed by atoms with Crippen LogP contribution >= 0.6 is 34.8 Å². The first-order valence-electron chi connectivity index (χ1n) is 41.7. The largest absolute Gasteiger partial charge is 0.398 e. The number of sulfone groups is 4. The van der Waals surface area contributed by atoms with E-state index in [4.69, 9.17) is 75.4 Å². The molecule has 14 aromatic rings. The molecule has 3 unspecified atom stereocenters. The van der Waals surface area contributed by atoms with Crippen molar-refractivity contribution in [3.8, 4) is 0 Å². The fourth-order valence-corrected chi connectivity index (χ4v) is 19.4. The third kappa shape index (κ3) is 24.4. The van der Waals surface area contributed by atoms with E-state index in [-0.39, 0.29) is 38.3 Å². The number of aliphatic imine (C=N–C) groups is 1. The molecule has 0 bridgehead atoms. The molecule has 7 N–H and O–H groups in total. The van der Waals surface area contributed by atoms with E-state index in [1.807, 2.05) is 130 Å². The molecule has 4 aliphatic heterocycles. The Morgan fingerprint density at radius 1 is 0.372 bits per heavy atom. The Bertz CT molecular complexity index is 6970. The van der Waals surface area contributed by atoms with Gasteiger partial charge in [-0.2, -0.15) is 0 Å². The Hall–Kier alpha value is -11.4. The number of pyridine rings is 7. The normalized spacial score (nSPS) is 15.7. The number of para-hydroxylation sites is 4. The average Bonchev–Trinajstić information content (AvgIpc) is 1.61. The van der Waals surface area contributed by atoms with Gasteiger partial charge in [0.25, 0.3) is 0 Å². The third-order valence-electron chi connectivity index (χ3n) is 21.1. The first-order valence-corrected chi connectivity index (χ1v) is 50.4. The van der Waals surface area contributed by atoms with Crippen LogP contribution in [0.3, 0.4) is 0 Å². The number of aryl methyl sites for hydroxylation is 6. The SMILES string of the molecule is CC1=Nc2c(Nc3ccccc3S(C)(=O)=O)cc(Cc3cccc(C)n3)nc2C1.CS(=O)(=O)c1ccccc1N.Cc1cccc(Cc2cc(Nc3ccccc3S(C)(=O)=O)c3nc(C)n(C4CCCCO4)c3n2)n1.Cc1cccc(N)n1.Cc1nc2c(Cl)cc(Cl)nc2n1C1CCCCO1.Cc1nc2c(Nc3ccccc3S(C)(=O)=O)cc(Cl)nc2n1C1CCCCO1. The smallest absolute Gasteiger partial charge is 0.177 e. The maximum atomic E-state index is 12.4. The summed E-state index contributed by atoms with van der Waals surface area (Å²) in [5.74, 6) is 3.03. The zero-order valence-corrected chi connectivity index (χ0v) is 78.8. The second kappa shape index (κ2) is 41.5. The van der Waals surface area contributed by atoms with Crippen molar-refractivity contribution in [3.05, 3.63) is 254 Å². The molecular weight excluding hydrogens is 1780 g/mol. The molecule has 3 fully saturated rings. The highest BCUT2D eigenvalue weighted by atomic mass is 35.5. The van der Waals surface area contributed by atoms with Gasteiger partial charge < -0.3 is 41.6 Å². The summed E-state index contributed by atoms with van der Waals surface area (Å²) < 4.78 is 119. The minimum Gasteiger partial charge on any atom is -0.398 e. The average molecular weight is 1880 g/mol. The predicted octanol–water partition coefficient (Wildman–Crippen LogP) is 18.7. The number of nitrogens with one attached hydrogen (secondary N) is 3. The lowest BCUT2D eigenvalue weighted by Gasteiger charge is -2.25. The number of nitrogens with zero attached hydrogens (tertiary/aromatic N) is 14. The fourth-order valence-electron chi connectivity index (χ4n) is 15.4. The van der Waals surface area contributed by atoms with Crippen LogP contribution in [0.1, 0.15) is 146 Å². The Morgan fingerprint density at radius 2 is 0.744 bits per heavy atom. The van der Waals surface area contributed by atoms with Gasteiger partial charge in [-0.15, -0.1) is 0 Å². The quantitative estimate of drug-likeness (QED) is 0.0417. The van der Waals surface area contributed by atoms with E-state index in [9.17, 15) is 33.7 Å². The number of nitrogens with two attached hydrogens (primary N) is 2. The van der Waals surface area contributed by atoms with Gasteiger partial charge in [0.05, 0.1) is 75.8 Å². The summed E-state index contributed by atoms with van der Waals surface area (Å²) in [6, 6.07) is 51.5. The highest BCUT2D eigenvalue weighted by Gasteiger charge is 2.30. The number of fused-ring (bicyclic) bond motifs is 4. The lowest BCUT2D eigenvalue weighted by molar-refractivity contribution is -0.0310. The van der Waals surface area contributed by atoms with E-state index in [0.29, 0.717) is 116 Å². The summed E-state index contributed by atoms with van der Waals surface area (Å²) in [6.07, 6.45) is 15.6. The fraction of sp³-hybridized carbons (Fsp3) is 0.315. The predicted molar refractivity (Wildman–Crippen MR) is 508 cm³/mol. The molecule has 4 aromatic carbocycles. The molecule has 10 aromatic heterocycles. The van der Waals surface area contributed by atoms with E-state index >= 15 is 0 Å². The summed E-state index contributed by atoms with van der Waals surface area (Å²) in [7, 11) is -13.3. The molecule has 3 saturated heterocycles. The van der Waals surface area contributed by atoms with Crippen molar-refractivity contribution < 1.29 is 47.9 Å². The molecule has 129 heavy (non-hydrogen) atoms. The molecule has 3 atom stereocenters. The molecule has 14 heterocycles. The maximum absolute atomic E-state index is 12.4. The van der Waals surface area contributed by atoms with Gasteiger partial charge >= 0.3 is 0 Å². The number of hydrogen-bond acceptors (Lipinski definition) is 27. The molecule has 0 amide bonds. The maximum Gasteiger partial charge on any atom is 0.177 e. The molecular formula is C92H102Cl3N19O11S4. The van der Waals surface area contributed by atoms with E-state index in [0.717, 1.165) is 156 Å². The summed E-state index contributed by atoms with van der Waals surface area (Å²) in [6.45, 7) is 15.8. The van der Waals surface area contributed by atoms with Gasteiger partial charge in [0.15, 0.2) is 56.3 Å². The van der Waals surface area contributed by atoms with E-state index in [2.05, 4.69) is 60.4 Å². The highest BCUT2D eigenvalue weighted by Crippen LogP contribution is 2.41. The number of halogens is 3. The van der Waals surface area contributed by atoms with Gasteiger partial charge in [-0.25, -0.2) is 68.6 Å². The third-order valence-corrected chi connectivity index (χ3v) is 26.4. The Balaban J connectivity index is 0.000000139. The molecule has 0 radical (unpaired) electrons. The number of anilines is 8. The van der Waals surface area contributed by atoms with Crippen molar-refractivity contribution >= 4 is 165 Å². The first-order chi connectivity index (χ1) is 61.4. The molecule has 37 heteroatoms. The van der Waals surface area contributed by atoms with Gasteiger partial charge in [-0.3, -0.25) is 33.6 Å². The zero-order chi connectivity index (χ0) is 92.2. The second-order valence-corrected chi connectivity index (χ2v) is 40.8. The lowest BCUT2D eigenvalue weighted by Crippen LogP contribution is -2.19. The number of aromatic nitrogens is 13. The van der Waals surface area contributed by atoms with Crippen molar-refractivity contribution in [3.63, 3.8) is 0 Å². The summed E-state index contributed by atoms with van der Waals surface area (Å²) in [5.41, 5.74) is 27.7. The molecule has 676 valence electrons. The van der Waals surface area contributed by atoms with Gasteiger partial charge in [0.1, 0.15) is 74.5 Å². The second-order valence-electron chi connectivity index (χ2n) is 31.7. The monoisotopic (exact) mass is 1880 g/mol. The van der Waals surface area contributed by atoms with E-state index < -0.39 is 39.3 Å². The van der Waals surface area contributed by atoms with Crippen molar-refractivity contribution in [2.75, 3.05) is 72.3 Å².